The van der Waals surface area contributed by atoms with Crippen molar-refractivity contribution in [1.82, 2.24) is 10.1 Å². The molecule has 0 aliphatic heterocycles. The minimum Gasteiger partial charge on any atom is -0.361 e. The van der Waals surface area contributed by atoms with Crippen molar-refractivity contribution in [2.75, 3.05) is 13.6 Å². The molecular formula is C24H28N2O2. The predicted molar refractivity (Wildman–Crippen MR) is 112 cm³/mol. The van der Waals surface area contributed by atoms with Crippen LogP contribution >= 0.6 is 0 Å². The first-order chi connectivity index (χ1) is 13.7. The molecule has 1 unspecified atom stereocenters. The van der Waals surface area contributed by atoms with Gasteiger partial charge in [-0.2, -0.15) is 0 Å². The molecule has 28 heavy (non-hydrogen) atoms. The molecule has 0 saturated carbocycles. The zero-order valence-electron chi connectivity index (χ0n) is 16.7. The van der Waals surface area contributed by atoms with Gasteiger partial charge in [-0.3, -0.25) is 4.79 Å². The Morgan fingerprint density at radius 2 is 1.75 bits per heavy atom. The summed E-state index contributed by atoms with van der Waals surface area (Å²) in [7, 11) is 1.89. The standard InChI is InChI=1S/C24H28N2O2/c1-3-11-22(19-12-6-4-7-13-19)24(27)26(2)17-10-16-21-18-23(25-28-21)20-14-8-5-9-15-20/h4-9,12-15,18,22H,3,10-11,16-17H2,1-2H3. The van der Waals surface area contributed by atoms with Crippen LogP contribution < -0.4 is 0 Å². The van der Waals surface area contributed by atoms with Crippen molar-refractivity contribution in [2.24, 2.45) is 0 Å². The summed E-state index contributed by atoms with van der Waals surface area (Å²) in [5.41, 5.74) is 3.01. The molecular weight excluding hydrogens is 348 g/mol. The first kappa shape index (κ1) is 19.9. The largest absolute Gasteiger partial charge is 0.361 e. The van der Waals surface area contributed by atoms with Gasteiger partial charge in [0.25, 0.3) is 0 Å². The van der Waals surface area contributed by atoms with Crippen LogP contribution in [0.3, 0.4) is 0 Å². The monoisotopic (exact) mass is 376 g/mol. The van der Waals surface area contributed by atoms with Crippen LogP contribution in [-0.4, -0.2) is 29.6 Å². The van der Waals surface area contributed by atoms with E-state index < -0.39 is 0 Å². The summed E-state index contributed by atoms with van der Waals surface area (Å²) in [6.07, 6.45) is 3.47. The van der Waals surface area contributed by atoms with Gasteiger partial charge in [0.05, 0.1) is 5.92 Å². The van der Waals surface area contributed by atoms with Gasteiger partial charge in [-0.15, -0.1) is 0 Å². The zero-order valence-corrected chi connectivity index (χ0v) is 16.7. The maximum absolute atomic E-state index is 13.0. The van der Waals surface area contributed by atoms with E-state index in [1.807, 2.05) is 78.7 Å². The van der Waals surface area contributed by atoms with Gasteiger partial charge in [-0.25, -0.2) is 0 Å². The van der Waals surface area contributed by atoms with Gasteiger partial charge in [-0.05, 0) is 18.4 Å². The fraction of sp³-hybridized carbons (Fsp3) is 0.333. The Labute approximate surface area is 167 Å². The van der Waals surface area contributed by atoms with Crippen LogP contribution in [0.1, 0.15) is 43.4 Å². The van der Waals surface area contributed by atoms with E-state index >= 15 is 0 Å². The number of aryl methyl sites for hydroxylation is 1. The molecule has 0 bridgehead atoms. The van der Waals surface area contributed by atoms with Crippen molar-refractivity contribution in [1.29, 1.82) is 0 Å². The summed E-state index contributed by atoms with van der Waals surface area (Å²) in [6.45, 7) is 2.82. The van der Waals surface area contributed by atoms with Crippen LogP contribution in [0.15, 0.2) is 71.3 Å². The fourth-order valence-corrected chi connectivity index (χ4v) is 3.45. The van der Waals surface area contributed by atoms with E-state index in [-0.39, 0.29) is 11.8 Å². The number of amides is 1. The molecule has 1 aromatic heterocycles. The third-order valence-electron chi connectivity index (χ3n) is 5.00. The SMILES string of the molecule is CCCC(C(=O)N(C)CCCc1cc(-c2ccccc2)no1)c1ccccc1. The molecule has 0 spiro atoms. The smallest absolute Gasteiger partial charge is 0.229 e. The molecule has 3 rings (SSSR count). The van der Waals surface area contributed by atoms with Crippen LogP contribution in [0.5, 0.6) is 0 Å². The molecule has 4 heteroatoms. The van der Waals surface area contributed by atoms with Crippen molar-refractivity contribution in [2.45, 2.75) is 38.5 Å². The number of hydrogen-bond acceptors (Lipinski definition) is 3. The van der Waals surface area contributed by atoms with Gasteiger partial charge >= 0.3 is 0 Å². The highest BCUT2D eigenvalue weighted by Gasteiger charge is 2.22. The minimum atomic E-state index is -0.0637. The Kier molecular flexibility index (Phi) is 7.01. The Morgan fingerprint density at radius 1 is 1.07 bits per heavy atom. The van der Waals surface area contributed by atoms with Gasteiger partial charge in [-0.1, -0.05) is 79.2 Å². The van der Waals surface area contributed by atoms with Gasteiger partial charge in [0.1, 0.15) is 11.5 Å². The van der Waals surface area contributed by atoms with Gasteiger partial charge in [0.15, 0.2) is 0 Å². The van der Waals surface area contributed by atoms with E-state index in [1.54, 1.807) is 0 Å². The number of aromatic nitrogens is 1. The molecule has 3 aromatic rings. The number of hydrogen-bond donors (Lipinski definition) is 0. The van der Waals surface area contributed by atoms with E-state index in [2.05, 4.69) is 12.1 Å². The Bertz CT molecular complexity index is 859. The number of benzene rings is 2. The minimum absolute atomic E-state index is 0.0637. The van der Waals surface area contributed by atoms with Crippen LogP contribution in [0.4, 0.5) is 0 Å². The summed E-state index contributed by atoms with van der Waals surface area (Å²) in [6, 6.07) is 22.1. The highest BCUT2D eigenvalue weighted by atomic mass is 16.5. The highest BCUT2D eigenvalue weighted by Crippen LogP contribution is 2.24. The van der Waals surface area contributed by atoms with E-state index in [9.17, 15) is 4.79 Å². The molecule has 0 saturated heterocycles. The van der Waals surface area contributed by atoms with Crippen LogP contribution in [0, 0.1) is 0 Å². The lowest BCUT2D eigenvalue weighted by atomic mass is 9.93. The van der Waals surface area contributed by atoms with Crippen molar-refractivity contribution >= 4 is 5.91 Å². The van der Waals surface area contributed by atoms with Crippen molar-refractivity contribution in [3.8, 4) is 11.3 Å². The van der Waals surface area contributed by atoms with Gasteiger partial charge in [0, 0.05) is 31.6 Å². The van der Waals surface area contributed by atoms with E-state index in [0.717, 1.165) is 48.3 Å². The second-order valence-electron chi connectivity index (χ2n) is 7.16. The normalized spacial score (nSPS) is 11.9. The quantitative estimate of drug-likeness (QED) is 0.508. The number of nitrogens with zero attached hydrogens (tertiary/aromatic N) is 2. The van der Waals surface area contributed by atoms with Crippen LogP contribution in [-0.2, 0) is 11.2 Å². The summed E-state index contributed by atoms with van der Waals surface area (Å²) in [4.78, 5) is 14.8. The number of rotatable bonds is 9. The molecule has 1 amide bonds. The third-order valence-corrected chi connectivity index (χ3v) is 5.00. The number of carbonyl (C=O) groups excluding carboxylic acids is 1. The number of carbonyl (C=O) groups is 1. The van der Waals surface area contributed by atoms with Crippen molar-refractivity contribution < 1.29 is 9.32 Å². The Morgan fingerprint density at radius 3 is 2.43 bits per heavy atom. The molecule has 2 aromatic carbocycles. The molecule has 0 N–H and O–H groups in total. The second kappa shape index (κ2) is 9.88. The fourth-order valence-electron chi connectivity index (χ4n) is 3.45. The predicted octanol–water partition coefficient (Wildman–Crippen LogP) is 5.32. The maximum Gasteiger partial charge on any atom is 0.229 e. The highest BCUT2D eigenvalue weighted by molar-refractivity contribution is 5.83. The van der Waals surface area contributed by atoms with E-state index in [0.29, 0.717) is 6.54 Å². The molecule has 146 valence electrons. The van der Waals surface area contributed by atoms with E-state index in [1.165, 1.54) is 0 Å². The van der Waals surface area contributed by atoms with Crippen LogP contribution in [0.2, 0.25) is 0 Å². The molecule has 0 fully saturated rings. The Hall–Kier alpha value is -2.88. The third kappa shape index (κ3) is 5.10. The van der Waals surface area contributed by atoms with Gasteiger partial charge < -0.3 is 9.42 Å². The molecule has 4 nitrogen and oxygen atoms in total. The lowest BCUT2D eigenvalue weighted by Gasteiger charge is -2.24. The van der Waals surface area contributed by atoms with Crippen LogP contribution in [0.25, 0.3) is 11.3 Å². The first-order valence-corrected chi connectivity index (χ1v) is 10.00. The summed E-state index contributed by atoms with van der Waals surface area (Å²) in [5.74, 6) is 0.981. The van der Waals surface area contributed by atoms with E-state index in [4.69, 9.17) is 4.52 Å². The average molecular weight is 377 g/mol. The lowest BCUT2D eigenvalue weighted by molar-refractivity contribution is -0.131. The second-order valence-corrected chi connectivity index (χ2v) is 7.16. The maximum atomic E-state index is 13.0. The zero-order chi connectivity index (χ0) is 19.8. The topological polar surface area (TPSA) is 46.3 Å². The Balaban J connectivity index is 1.54. The summed E-state index contributed by atoms with van der Waals surface area (Å²) in [5, 5.41) is 4.16. The first-order valence-electron chi connectivity index (χ1n) is 10.00. The molecule has 1 heterocycles. The number of likely N-dealkylation sites (N-methyl/N-ethyl adjacent to an activating group) is 1. The summed E-state index contributed by atoms with van der Waals surface area (Å²) >= 11 is 0. The van der Waals surface area contributed by atoms with Crippen molar-refractivity contribution in [3.05, 3.63) is 78.1 Å². The van der Waals surface area contributed by atoms with Crippen molar-refractivity contribution in [3.63, 3.8) is 0 Å². The molecule has 1 atom stereocenters. The average Bonchev–Trinajstić information content (AvgIpc) is 3.21. The molecule has 0 aliphatic rings. The lowest BCUT2D eigenvalue weighted by Crippen LogP contribution is -2.32. The molecule has 0 aliphatic carbocycles. The molecule has 0 radical (unpaired) electrons. The van der Waals surface area contributed by atoms with Gasteiger partial charge in [0.2, 0.25) is 5.91 Å². The summed E-state index contributed by atoms with van der Waals surface area (Å²) < 4.78 is 5.46.